The summed E-state index contributed by atoms with van der Waals surface area (Å²) in [5, 5.41) is 0. The van der Waals surface area contributed by atoms with Crippen molar-refractivity contribution in [1.82, 2.24) is 0 Å². The molecule has 0 spiro atoms. The molecule has 0 aromatic heterocycles. The average Bonchev–Trinajstić information content (AvgIpc) is 2.14. The van der Waals surface area contributed by atoms with Gasteiger partial charge in [-0.15, -0.1) is 0 Å². The Balaban J connectivity index is 2.93. The van der Waals surface area contributed by atoms with E-state index in [1.54, 1.807) is 0 Å². The minimum atomic E-state index is -0.212. The van der Waals surface area contributed by atoms with Crippen LogP contribution in [0.4, 0.5) is 0 Å². The monoisotopic (exact) mass is 219 g/mol. The summed E-state index contributed by atoms with van der Waals surface area (Å²) in [6.45, 7) is 12.6. The van der Waals surface area contributed by atoms with Crippen LogP contribution in [0.25, 0.3) is 5.76 Å². The largest absolute Gasteiger partial charge is 0.488 e. The number of ether oxygens (including phenoxy) is 1. The second-order valence-electron chi connectivity index (χ2n) is 4.99. The van der Waals surface area contributed by atoms with Crippen LogP contribution in [0.3, 0.4) is 0 Å². The lowest BCUT2D eigenvalue weighted by Gasteiger charge is -2.23. The van der Waals surface area contributed by atoms with Gasteiger partial charge in [0.2, 0.25) is 0 Å². The molecule has 0 unspecified atom stereocenters. The Hall–Kier alpha value is -1.28. The fourth-order valence-corrected chi connectivity index (χ4v) is 1.59. The van der Waals surface area contributed by atoms with Gasteiger partial charge in [-0.2, -0.15) is 0 Å². The van der Waals surface area contributed by atoms with Crippen LogP contribution in [0, 0.1) is 6.92 Å². The van der Waals surface area contributed by atoms with Gasteiger partial charge in [0.05, 0.1) is 0 Å². The highest BCUT2D eigenvalue weighted by Crippen LogP contribution is 2.24. The summed E-state index contributed by atoms with van der Waals surface area (Å²) in [5.74, 6) is 0.716. The summed E-state index contributed by atoms with van der Waals surface area (Å²) >= 11 is 0. The molecule has 2 N–H and O–H groups in total. The minimum Gasteiger partial charge on any atom is -0.488 e. The number of hydrogen-bond donors (Lipinski definition) is 1. The third-order valence-electron chi connectivity index (χ3n) is 2.26. The van der Waals surface area contributed by atoms with Crippen LogP contribution in [-0.4, -0.2) is 5.60 Å². The maximum absolute atomic E-state index is 5.75. The topological polar surface area (TPSA) is 35.2 Å². The summed E-state index contributed by atoms with van der Waals surface area (Å²) < 4.78 is 5.75. The van der Waals surface area contributed by atoms with Crippen molar-refractivity contribution in [3.63, 3.8) is 0 Å². The smallest absolute Gasteiger partial charge is 0.120 e. The van der Waals surface area contributed by atoms with E-state index in [-0.39, 0.29) is 5.60 Å². The maximum Gasteiger partial charge on any atom is 0.120 e. The molecule has 0 aliphatic rings. The predicted octanol–water partition coefficient (Wildman–Crippen LogP) is 3.24. The van der Waals surface area contributed by atoms with E-state index in [9.17, 15) is 0 Å². The molecule has 0 heterocycles. The van der Waals surface area contributed by atoms with Gasteiger partial charge >= 0.3 is 0 Å². The van der Waals surface area contributed by atoms with Crippen molar-refractivity contribution >= 4 is 5.76 Å². The lowest BCUT2D eigenvalue weighted by molar-refractivity contribution is 0.0975. The van der Waals surface area contributed by atoms with Crippen molar-refractivity contribution in [1.29, 1.82) is 0 Å². The normalized spacial score (nSPS) is 11.3. The Bertz CT molecular complexity index is 388. The first-order valence-electron chi connectivity index (χ1n) is 5.51. The van der Waals surface area contributed by atoms with Crippen molar-refractivity contribution in [2.45, 2.75) is 39.8 Å². The van der Waals surface area contributed by atoms with Gasteiger partial charge in [0.25, 0.3) is 0 Å². The molecule has 2 nitrogen and oxygen atoms in total. The van der Waals surface area contributed by atoms with Crippen molar-refractivity contribution in [3.8, 4) is 0 Å². The summed E-state index contributed by atoms with van der Waals surface area (Å²) in [5.41, 5.74) is 8.71. The molecule has 0 atom stereocenters. The standard InChI is InChI=1S/C14H21NO/c1-10-8-12(9-15)6-7-13(10)11(2)16-14(3,4)5/h6-8H,2,9,15H2,1,3-5H3. The first-order valence-corrected chi connectivity index (χ1v) is 5.51. The molecule has 1 rings (SSSR count). The Morgan fingerprint density at radius 3 is 2.44 bits per heavy atom. The molecule has 0 fully saturated rings. The molecule has 2 heteroatoms. The second kappa shape index (κ2) is 4.71. The third-order valence-corrected chi connectivity index (χ3v) is 2.26. The average molecular weight is 219 g/mol. The van der Waals surface area contributed by atoms with Gasteiger partial charge in [-0.1, -0.05) is 24.8 Å². The third kappa shape index (κ3) is 3.38. The van der Waals surface area contributed by atoms with E-state index in [1.165, 1.54) is 0 Å². The molecular weight excluding hydrogens is 198 g/mol. The molecule has 0 aliphatic heterocycles. The van der Waals surface area contributed by atoms with Crippen LogP contribution in [0.2, 0.25) is 0 Å². The Morgan fingerprint density at radius 1 is 1.38 bits per heavy atom. The van der Waals surface area contributed by atoms with Gasteiger partial charge in [0, 0.05) is 12.1 Å². The highest BCUT2D eigenvalue weighted by Gasteiger charge is 2.14. The van der Waals surface area contributed by atoms with Crippen LogP contribution in [0.5, 0.6) is 0 Å². The van der Waals surface area contributed by atoms with E-state index in [1.807, 2.05) is 39.8 Å². The van der Waals surface area contributed by atoms with Crippen LogP contribution >= 0.6 is 0 Å². The van der Waals surface area contributed by atoms with Crippen LogP contribution < -0.4 is 5.73 Å². The quantitative estimate of drug-likeness (QED) is 0.792. The summed E-state index contributed by atoms with van der Waals surface area (Å²) in [6.07, 6.45) is 0. The van der Waals surface area contributed by atoms with Crippen molar-refractivity contribution in [2.75, 3.05) is 0 Å². The SMILES string of the molecule is C=C(OC(C)(C)C)c1ccc(CN)cc1C. The van der Waals surface area contributed by atoms with E-state index < -0.39 is 0 Å². The molecule has 0 aliphatic carbocycles. The van der Waals surface area contributed by atoms with Crippen molar-refractivity contribution in [2.24, 2.45) is 5.73 Å². The van der Waals surface area contributed by atoms with Gasteiger partial charge in [0.15, 0.2) is 0 Å². The molecule has 1 aromatic carbocycles. The zero-order chi connectivity index (χ0) is 12.3. The van der Waals surface area contributed by atoms with E-state index in [0.717, 1.165) is 16.7 Å². The highest BCUT2D eigenvalue weighted by atomic mass is 16.5. The fourth-order valence-electron chi connectivity index (χ4n) is 1.59. The summed E-state index contributed by atoms with van der Waals surface area (Å²) in [7, 11) is 0. The van der Waals surface area contributed by atoms with Crippen LogP contribution in [0.15, 0.2) is 24.8 Å². The van der Waals surface area contributed by atoms with Gasteiger partial charge < -0.3 is 10.5 Å². The zero-order valence-corrected chi connectivity index (χ0v) is 10.6. The van der Waals surface area contributed by atoms with Gasteiger partial charge in [-0.05, 0) is 38.8 Å². The Labute approximate surface area is 98.1 Å². The Morgan fingerprint density at radius 2 is 2.00 bits per heavy atom. The molecule has 0 saturated carbocycles. The number of aryl methyl sites for hydroxylation is 1. The van der Waals surface area contributed by atoms with Crippen LogP contribution in [-0.2, 0) is 11.3 Å². The number of hydrogen-bond acceptors (Lipinski definition) is 2. The molecule has 16 heavy (non-hydrogen) atoms. The Kier molecular flexibility index (Phi) is 3.76. The maximum atomic E-state index is 5.75. The highest BCUT2D eigenvalue weighted by molar-refractivity contribution is 5.61. The first kappa shape index (κ1) is 12.8. The lowest BCUT2D eigenvalue weighted by Crippen LogP contribution is -2.18. The van der Waals surface area contributed by atoms with E-state index in [4.69, 9.17) is 10.5 Å². The van der Waals surface area contributed by atoms with E-state index in [0.29, 0.717) is 12.3 Å². The predicted molar refractivity (Wildman–Crippen MR) is 68.9 cm³/mol. The van der Waals surface area contributed by atoms with Crippen molar-refractivity contribution < 1.29 is 4.74 Å². The summed E-state index contributed by atoms with van der Waals surface area (Å²) in [6, 6.07) is 6.11. The molecular formula is C14H21NO. The number of rotatable bonds is 3. The van der Waals surface area contributed by atoms with Crippen molar-refractivity contribution in [3.05, 3.63) is 41.5 Å². The minimum absolute atomic E-state index is 0.212. The van der Waals surface area contributed by atoms with Gasteiger partial charge in [-0.25, -0.2) is 0 Å². The molecule has 0 radical (unpaired) electrons. The lowest BCUT2D eigenvalue weighted by atomic mass is 10.0. The first-order chi connectivity index (χ1) is 7.33. The fraction of sp³-hybridized carbons (Fsp3) is 0.429. The molecule has 0 bridgehead atoms. The van der Waals surface area contributed by atoms with Gasteiger partial charge in [-0.3, -0.25) is 0 Å². The van der Waals surface area contributed by atoms with E-state index >= 15 is 0 Å². The molecule has 0 saturated heterocycles. The molecule has 1 aromatic rings. The van der Waals surface area contributed by atoms with Crippen LogP contribution in [0.1, 0.15) is 37.5 Å². The molecule has 88 valence electrons. The zero-order valence-electron chi connectivity index (χ0n) is 10.6. The van der Waals surface area contributed by atoms with E-state index in [2.05, 4.69) is 12.6 Å². The number of benzene rings is 1. The summed E-state index contributed by atoms with van der Waals surface area (Å²) in [4.78, 5) is 0. The second-order valence-corrected chi connectivity index (χ2v) is 4.99. The number of nitrogens with two attached hydrogens (primary N) is 1. The van der Waals surface area contributed by atoms with Gasteiger partial charge in [0.1, 0.15) is 11.4 Å². The molecule has 0 amide bonds.